The molecule has 4 rings (SSSR count). The molecule has 0 aromatic heterocycles. The number of anilines is 1. The van der Waals surface area contributed by atoms with E-state index in [0.717, 1.165) is 5.69 Å². The van der Waals surface area contributed by atoms with Crippen LogP contribution in [0.5, 0.6) is 0 Å². The van der Waals surface area contributed by atoms with Crippen molar-refractivity contribution < 1.29 is 13.5 Å². The fourth-order valence-electron chi connectivity index (χ4n) is 2.51. The van der Waals surface area contributed by atoms with Gasteiger partial charge in [0.05, 0.1) is 12.1 Å². The average molecular weight is 266 g/mol. The molecule has 6 heteroatoms. The molecule has 1 aromatic carbocycles. The van der Waals surface area contributed by atoms with E-state index in [1.807, 2.05) is 0 Å². The molecule has 0 radical (unpaired) electrons. The van der Waals surface area contributed by atoms with Gasteiger partial charge in [-0.15, -0.1) is 0 Å². The number of carbonyl (C=O) groups excluding carboxylic acids is 2. The van der Waals surface area contributed by atoms with Gasteiger partial charge in [0, 0.05) is 16.5 Å². The van der Waals surface area contributed by atoms with Crippen LogP contribution in [0.25, 0.3) is 0 Å². The summed E-state index contributed by atoms with van der Waals surface area (Å²) in [5, 5.41) is 5.51. The first-order valence-corrected chi connectivity index (χ1v) is 6.37. The van der Waals surface area contributed by atoms with Crippen LogP contribution in [0, 0.1) is 5.92 Å². The van der Waals surface area contributed by atoms with Crippen LogP contribution < -0.4 is 10.6 Å². The van der Waals surface area contributed by atoms with Gasteiger partial charge in [0.15, 0.2) is 0 Å². The van der Waals surface area contributed by atoms with E-state index in [2.05, 4.69) is 10.6 Å². The number of piperidine rings is 2. The number of fused-ring (bicyclic) bond motifs is 2. The zero-order valence-electron chi connectivity index (χ0n) is 9.40. The van der Waals surface area contributed by atoms with Gasteiger partial charge in [-0.25, -0.2) is 0 Å². The SMILES string of the molecule is O=C1NC(=O)C2(Nc3ccc(SF)cc3)CC1C2. The Labute approximate surface area is 108 Å². The van der Waals surface area contributed by atoms with E-state index >= 15 is 0 Å². The Morgan fingerprint density at radius 3 is 2.50 bits per heavy atom. The van der Waals surface area contributed by atoms with E-state index < -0.39 is 5.54 Å². The summed E-state index contributed by atoms with van der Waals surface area (Å²) < 4.78 is 12.3. The zero-order chi connectivity index (χ0) is 12.8. The van der Waals surface area contributed by atoms with E-state index in [1.54, 1.807) is 24.3 Å². The van der Waals surface area contributed by atoms with Crippen molar-refractivity contribution in [2.24, 2.45) is 5.92 Å². The molecule has 1 saturated carbocycles. The van der Waals surface area contributed by atoms with Crippen molar-refractivity contribution in [3.63, 3.8) is 0 Å². The predicted molar refractivity (Wildman–Crippen MR) is 65.6 cm³/mol. The molecular weight excluding hydrogens is 255 g/mol. The van der Waals surface area contributed by atoms with Gasteiger partial charge in [-0.3, -0.25) is 14.9 Å². The van der Waals surface area contributed by atoms with Crippen LogP contribution in [0.4, 0.5) is 9.57 Å². The Morgan fingerprint density at radius 1 is 1.28 bits per heavy atom. The topological polar surface area (TPSA) is 58.2 Å². The van der Waals surface area contributed by atoms with Crippen LogP contribution in [0.1, 0.15) is 12.8 Å². The van der Waals surface area contributed by atoms with E-state index in [9.17, 15) is 13.5 Å². The van der Waals surface area contributed by atoms with Gasteiger partial charge in [0.2, 0.25) is 5.91 Å². The molecule has 18 heavy (non-hydrogen) atoms. The van der Waals surface area contributed by atoms with Crippen molar-refractivity contribution in [2.45, 2.75) is 23.3 Å². The van der Waals surface area contributed by atoms with E-state index in [1.165, 1.54) is 0 Å². The maximum absolute atomic E-state index is 12.3. The highest BCUT2D eigenvalue weighted by molar-refractivity contribution is 7.94. The summed E-state index contributed by atoms with van der Waals surface area (Å²) in [4.78, 5) is 23.7. The monoisotopic (exact) mass is 266 g/mol. The number of imide groups is 1. The van der Waals surface area contributed by atoms with Crippen molar-refractivity contribution in [3.8, 4) is 0 Å². The van der Waals surface area contributed by atoms with Crippen LogP contribution >= 0.6 is 12.1 Å². The highest BCUT2D eigenvalue weighted by atomic mass is 32.2. The Hall–Kier alpha value is -1.56. The van der Waals surface area contributed by atoms with E-state index in [0.29, 0.717) is 17.7 Å². The molecule has 2 bridgehead atoms. The minimum Gasteiger partial charge on any atom is -0.371 e. The van der Waals surface area contributed by atoms with E-state index in [-0.39, 0.29) is 29.9 Å². The van der Waals surface area contributed by atoms with Crippen LogP contribution in [-0.2, 0) is 9.59 Å². The minimum atomic E-state index is -0.664. The zero-order valence-corrected chi connectivity index (χ0v) is 10.2. The van der Waals surface area contributed by atoms with Crippen molar-refractivity contribution in [1.82, 2.24) is 5.32 Å². The van der Waals surface area contributed by atoms with E-state index in [4.69, 9.17) is 0 Å². The first-order valence-electron chi connectivity index (χ1n) is 5.65. The Bertz CT molecular complexity index is 511. The predicted octanol–water partition coefficient (Wildman–Crippen LogP) is 1.88. The molecule has 2 amide bonds. The summed E-state index contributed by atoms with van der Waals surface area (Å²) in [6.45, 7) is 0. The summed E-state index contributed by atoms with van der Waals surface area (Å²) in [5.74, 6) is -0.498. The standard InChI is InChI=1S/C12H11FN2O2S/c13-18-9-3-1-8(2-4-9)15-12-5-7(6-12)10(16)14-11(12)17/h1-4,7,15H,5-6H2,(H,14,16,17). The summed E-state index contributed by atoms with van der Waals surface area (Å²) in [6, 6.07) is 6.75. The number of rotatable bonds is 3. The van der Waals surface area contributed by atoms with Crippen LogP contribution in [-0.4, -0.2) is 17.4 Å². The number of halogens is 1. The van der Waals surface area contributed by atoms with Gasteiger partial charge >= 0.3 is 0 Å². The normalized spacial score (nSPS) is 29.5. The quantitative estimate of drug-likeness (QED) is 0.820. The molecule has 2 saturated heterocycles. The number of amides is 2. The summed E-state index contributed by atoms with van der Waals surface area (Å²) in [7, 11) is 0. The third-order valence-corrected chi connectivity index (χ3v) is 4.01. The van der Waals surface area contributed by atoms with Crippen molar-refractivity contribution in [2.75, 3.05) is 5.32 Å². The number of benzene rings is 1. The Morgan fingerprint density at radius 2 is 1.94 bits per heavy atom. The van der Waals surface area contributed by atoms with Crippen LogP contribution in [0.15, 0.2) is 29.2 Å². The molecule has 2 aliphatic heterocycles. The highest BCUT2D eigenvalue weighted by Crippen LogP contribution is 2.44. The number of carbonyl (C=O) groups is 2. The van der Waals surface area contributed by atoms with Gasteiger partial charge in [0.25, 0.3) is 5.91 Å². The molecule has 0 spiro atoms. The summed E-state index contributed by atoms with van der Waals surface area (Å²) >= 11 is 0.182. The fraction of sp³-hybridized carbons (Fsp3) is 0.333. The fourth-order valence-corrected chi connectivity index (χ4v) is 2.75. The van der Waals surface area contributed by atoms with Gasteiger partial charge in [-0.2, -0.15) is 3.89 Å². The lowest BCUT2D eigenvalue weighted by molar-refractivity contribution is -0.148. The molecule has 2 N–H and O–H groups in total. The van der Waals surface area contributed by atoms with Crippen molar-refractivity contribution in [1.29, 1.82) is 0 Å². The first kappa shape index (κ1) is 11.5. The third kappa shape index (κ3) is 1.68. The van der Waals surface area contributed by atoms with Crippen LogP contribution in [0.2, 0.25) is 0 Å². The summed E-state index contributed by atoms with van der Waals surface area (Å²) in [5.41, 5.74) is 0.0962. The first-order chi connectivity index (χ1) is 8.63. The average Bonchev–Trinajstić information content (AvgIpc) is 2.32. The molecule has 0 unspecified atom stereocenters. The van der Waals surface area contributed by atoms with Gasteiger partial charge in [-0.1, -0.05) is 0 Å². The maximum atomic E-state index is 12.3. The second-order valence-corrected chi connectivity index (χ2v) is 5.36. The number of hydrogen-bond acceptors (Lipinski definition) is 4. The lowest BCUT2D eigenvalue weighted by Crippen LogP contribution is -2.69. The third-order valence-electron chi connectivity index (χ3n) is 3.56. The molecule has 3 fully saturated rings. The Balaban J connectivity index is 1.76. The lowest BCUT2D eigenvalue weighted by Gasteiger charge is -2.50. The number of nitrogens with one attached hydrogen (secondary N) is 2. The summed E-state index contributed by atoms with van der Waals surface area (Å²) in [6.07, 6.45) is 1.08. The van der Waals surface area contributed by atoms with Gasteiger partial charge < -0.3 is 5.32 Å². The maximum Gasteiger partial charge on any atom is 0.252 e. The van der Waals surface area contributed by atoms with Crippen LogP contribution in [0.3, 0.4) is 0 Å². The molecule has 1 aliphatic carbocycles. The molecule has 2 heterocycles. The van der Waals surface area contributed by atoms with Gasteiger partial charge in [-0.05, 0) is 37.1 Å². The number of hydrogen-bond donors (Lipinski definition) is 2. The molecule has 94 valence electrons. The molecule has 0 atom stereocenters. The highest BCUT2D eigenvalue weighted by Gasteiger charge is 2.57. The molecular formula is C12H11FN2O2S. The minimum absolute atomic E-state index is 0.0594. The smallest absolute Gasteiger partial charge is 0.252 e. The van der Waals surface area contributed by atoms with Crippen molar-refractivity contribution >= 4 is 29.6 Å². The largest absolute Gasteiger partial charge is 0.371 e. The Kier molecular flexibility index (Phi) is 2.55. The lowest BCUT2D eigenvalue weighted by atomic mass is 9.64. The molecule has 1 aromatic rings. The second-order valence-electron chi connectivity index (χ2n) is 4.73. The molecule has 3 aliphatic rings. The van der Waals surface area contributed by atoms with Gasteiger partial charge in [0.1, 0.15) is 5.54 Å². The van der Waals surface area contributed by atoms with Crippen molar-refractivity contribution in [3.05, 3.63) is 24.3 Å². The molecule has 4 nitrogen and oxygen atoms in total. The second kappa shape index (κ2) is 3.98.